The van der Waals surface area contributed by atoms with Crippen LogP contribution < -0.4 is 0 Å². The van der Waals surface area contributed by atoms with Crippen molar-refractivity contribution in [3.8, 4) is 0 Å². The minimum absolute atomic E-state index is 1.14. The second-order valence-corrected chi connectivity index (χ2v) is 3.29. The number of hydrogen-bond donors (Lipinski definition) is 0. The van der Waals surface area contributed by atoms with Crippen molar-refractivity contribution in [3.63, 3.8) is 0 Å². The molecule has 0 unspecified atom stereocenters. The van der Waals surface area contributed by atoms with Crippen molar-refractivity contribution in [1.82, 2.24) is 0 Å². The maximum atomic E-state index is 3.66. The summed E-state index contributed by atoms with van der Waals surface area (Å²) in [6.45, 7) is 9.82. The van der Waals surface area contributed by atoms with Gasteiger partial charge in [-0.3, -0.25) is 0 Å². The molecule has 1 heteroatoms. The second-order valence-electron chi connectivity index (χ2n) is 2.44. The molecule has 0 N–H and O–H groups in total. The largest absolute Gasteiger partial charge is 0.0988 e. The summed E-state index contributed by atoms with van der Waals surface area (Å²) >= 11 is 3.44. The van der Waals surface area contributed by atoms with Gasteiger partial charge in [0.2, 0.25) is 0 Å². The Morgan fingerprint density at radius 1 is 1.30 bits per heavy atom. The molecule has 0 saturated carbocycles. The minimum Gasteiger partial charge on any atom is -0.0988 e. The summed E-state index contributed by atoms with van der Waals surface area (Å²) in [5.74, 6) is 0. The first kappa shape index (κ1) is 9.70. The highest BCUT2D eigenvalue weighted by molar-refractivity contribution is 9.11. The van der Waals surface area contributed by atoms with Gasteiger partial charge in [0.15, 0.2) is 0 Å². The molecule has 56 valence electrons. The van der Waals surface area contributed by atoms with Crippen molar-refractivity contribution >= 4 is 15.9 Å². The fourth-order valence-corrected chi connectivity index (χ4v) is 0.764. The Morgan fingerprint density at radius 3 is 2.10 bits per heavy atom. The maximum absolute atomic E-state index is 3.66. The van der Waals surface area contributed by atoms with Gasteiger partial charge in [-0.1, -0.05) is 39.7 Å². The monoisotopic (exact) mass is 200 g/mol. The molecule has 0 bridgehead atoms. The zero-order valence-electron chi connectivity index (χ0n) is 6.74. The lowest BCUT2D eigenvalue weighted by molar-refractivity contribution is 1.37. The van der Waals surface area contributed by atoms with Gasteiger partial charge in [0, 0.05) is 4.48 Å². The molecule has 0 aromatic rings. The molecule has 0 rings (SSSR count). The van der Waals surface area contributed by atoms with Gasteiger partial charge in [-0.15, -0.1) is 0 Å². The van der Waals surface area contributed by atoms with Gasteiger partial charge >= 0.3 is 0 Å². The smallest absolute Gasteiger partial charge is 0.0164 e. The summed E-state index contributed by atoms with van der Waals surface area (Å²) in [6, 6.07) is 0. The van der Waals surface area contributed by atoms with Crippen molar-refractivity contribution in [1.29, 1.82) is 0 Å². The van der Waals surface area contributed by atoms with Gasteiger partial charge in [-0.2, -0.15) is 0 Å². The summed E-state index contributed by atoms with van der Waals surface area (Å²) in [5.41, 5.74) is 2.45. The van der Waals surface area contributed by atoms with Gasteiger partial charge in [-0.05, 0) is 26.8 Å². The van der Waals surface area contributed by atoms with E-state index in [0.29, 0.717) is 0 Å². The molecule has 0 saturated heterocycles. The SMILES string of the molecule is C=C/C(C)=C\C(Br)=C(C)C. The first-order chi connectivity index (χ1) is 4.57. The molecular formula is C9H13Br. The van der Waals surface area contributed by atoms with Crippen molar-refractivity contribution in [2.75, 3.05) is 0 Å². The van der Waals surface area contributed by atoms with Crippen LogP contribution in [-0.2, 0) is 0 Å². The van der Waals surface area contributed by atoms with E-state index in [1.165, 1.54) is 11.1 Å². The molecular weight excluding hydrogens is 188 g/mol. The summed E-state index contributed by atoms with van der Waals surface area (Å²) < 4.78 is 1.14. The molecule has 10 heavy (non-hydrogen) atoms. The van der Waals surface area contributed by atoms with Gasteiger partial charge in [-0.25, -0.2) is 0 Å². The van der Waals surface area contributed by atoms with Crippen molar-refractivity contribution in [2.24, 2.45) is 0 Å². The van der Waals surface area contributed by atoms with Crippen LogP contribution in [-0.4, -0.2) is 0 Å². The van der Waals surface area contributed by atoms with Crippen LogP contribution in [0.1, 0.15) is 20.8 Å². The average Bonchev–Trinajstić information content (AvgIpc) is 1.87. The molecule has 0 aliphatic carbocycles. The topological polar surface area (TPSA) is 0 Å². The Kier molecular flexibility index (Phi) is 4.37. The number of rotatable bonds is 2. The molecule has 0 fully saturated rings. The van der Waals surface area contributed by atoms with E-state index in [1.807, 2.05) is 13.0 Å². The van der Waals surface area contributed by atoms with Crippen molar-refractivity contribution in [2.45, 2.75) is 20.8 Å². The number of halogens is 1. The van der Waals surface area contributed by atoms with Gasteiger partial charge < -0.3 is 0 Å². The highest BCUT2D eigenvalue weighted by Crippen LogP contribution is 2.14. The molecule has 0 amide bonds. The Balaban J connectivity index is 4.42. The summed E-state index contributed by atoms with van der Waals surface area (Å²) in [4.78, 5) is 0. The predicted octanol–water partition coefficient (Wildman–Crippen LogP) is 3.81. The van der Waals surface area contributed by atoms with E-state index in [2.05, 4.69) is 42.4 Å². The van der Waals surface area contributed by atoms with Crippen LogP contribution >= 0.6 is 15.9 Å². The second kappa shape index (κ2) is 4.51. The fourth-order valence-electron chi connectivity index (χ4n) is 0.403. The van der Waals surface area contributed by atoms with Crippen LogP contribution in [0.25, 0.3) is 0 Å². The zero-order valence-corrected chi connectivity index (χ0v) is 8.33. The average molecular weight is 201 g/mol. The molecule has 0 aromatic heterocycles. The number of allylic oxidation sites excluding steroid dienone is 5. The predicted molar refractivity (Wildman–Crippen MR) is 51.3 cm³/mol. The van der Waals surface area contributed by atoms with E-state index in [-0.39, 0.29) is 0 Å². The van der Waals surface area contributed by atoms with Crippen LogP contribution in [0.5, 0.6) is 0 Å². The Bertz CT molecular complexity index is 181. The number of hydrogen-bond acceptors (Lipinski definition) is 0. The highest BCUT2D eigenvalue weighted by atomic mass is 79.9. The third-order valence-corrected chi connectivity index (χ3v) is 2.18. The van der Waals surface area contributed by atoms with Crippen LogP contribution in [0.2, 0.25) is 0 Å². The maximum Gasteiger partial charge on any atom is 0.0164 e. The minimum atomic E-state index is 1.14. The quantitative estimate of drug-likeness (QED) is 0.596. The van der Waals surface area contributed by atoms with Gasteiger partial charge in [0.05, 0.1) is 0 Å². The molecule has 0 aliphatic rings. The van der Waals surface area contributed by atoms with Crippen LogP contribution in [0.4, 0.5) is 0 Å². The molecule has 0 aromatic carbocycles. The molecule has 0 atom stereocenters. The molecule has 0 heterocycles. The summed E-state index contributed by atoms with van der Waals surface area (Å²) in [7, 11) is 0. The summed E-state index contributed by atoms with van der Waals surface area (Å²) in [6.07, 6.45) is 3.90. The van der Waals surface area contributed by atoms with Crippen LogP contribution in [0.15, 0.2) is 34.4 Å². The summed E-state index contributed by atoms with van der Waals surface area (Å²) in [5, 5.41) is 0. The highest BCUT2D eigenvalue weighted by Gasteiger charge is 1.88. The Labute approximate surface area is 71.5 Å². The van der Waals surface area contributed by atoms with Crippen LogP contribution in [0, 0.1) is 0 Å². The van der Waals surface area contributed by atoms with Crippen LogP contribution in [0.3, 0.4) is 0 Å². The van der Waals surface area contributed by atoms with E-state index < -0.39 is 0 Å². The van der Waals surface area contributed by atoms with Crippen molar-refractivity contribution in [3.05, 3.63) is 34.4 Å². The lowest BCUT2D eigenvalue weighted by atomic mass is 10.2. The van der Waals surface area contributed by atoms with E-state index in [1.54, 1.807) is 0 Å². The molecule has 0 nitrogen and oxygen atoms in total. The van der Waals surface area contributed by atoms with Gasteiger partial charge in [0.1, 0.15) is 0 Å². The first-order valence-electron chi connectivity index (χ1n) is 3.21. The van der Waals surface area contributed by atoms with E-state index in [9.17, 15) is 0 Å². The first-order valence-corrected chi connectivity index (χ1v) is 4.01. The molecule has 0 spiro atoms. The van der Waals surface area contributed by atoms with E-state index in [0.717, 1.165) is 4.48 Å². The molecule has 0 radical (unpaired) electrons. The van der Waals surface area contributed by atoms with Crippen molar-refractivity contribution < 1.29 is 0 Å². The van der Waals surface area contributed by atoms with Gasteiger partial charge in [0.25, 0.3) is 0 Å². The normalized spacial score (nSPS) is 11.0. The lowest BCUT2D eigenvalue weighted by Gasteiger charge is -1.94. The van der Waals surface area contributed by atoms with E-state index in [4.69, 9.17) is 0 Å². The molecule has 0 aliphatic heterocycles. The Morgan fingerprint density at radius 2 is 1.80 bits per heavy atom. The zero-order chi connectivity index (χ0) is 8.15. The third-order valence-electron chi connectivity index (χ3n) is 1.15. The van der Waals surface area contributed by atoms with E-state index >= 15 is 0 Å². The Hall–Kier alpha value is -0.300. The standard InChI is InChI=1S/C9H13Br/c1-5-8(4)6-9(10)7(2)3/h5-6H,1H2,2-4H3/b8-6-. The lowest BCUT2D eigenvalue weighted by Crippen LogP contribution is -1.72. The third kappa shape index (κ3) is 3.67. The fraction of sp³-hybridized carbons (Fsp3) is 0.333.